The van der Waals surface area contributed by atoms with Gasteiger partial charge < -0.3 is 24.8 Å². The lowest BCUT2D eigenvalue weighted by atomic mass is 10.1. The van der Waals surface area contributed by atoms with Crippen LogP contribution in [0.5, 0.6) is 17.2 Å². The van der Waals surface area contributed by atoms with E-state index in [0.717, 1.165) is 36.9 Å². The minimum absolute atomic E-state index is 0. The number of benzene rings is 2. The first-order valence-corrected chi connectivity index (χ1v) is 10.7. The molecule has 0 aromatic heterocycles. The van der Waals surface area contributed by atoms with Crippen LogP contribution < -0.4 is 24.8 Å². The van der Waals surface area contributed by atoms with Crippen LogP contribution in [0.4, 0.5) is 0 Å². The Morgan fingerprint density at radius 1 is 1.00 bits per heavy atom. The second-order valence-electron chi connectivity index (χ2n) is 7.58. The zero-order valence-corrected chi connectivity index (χ0v) is 21.7. The molecule has 3 rings (SSSR count). The molecule has 32 heavy (non-hydrogen) atoms. The molecule has 1 aliphatic heterocycles. The Hall–Kier alpha value is -2.20. The molecular weight excluding hydrogens is 519 g/mol. The lowest BCUT2D eigenvalue weighted by Crippen LogP contribution is -2.44. The molecule has 0 radical (unpaired) electrons. The lowest BCUT2D eigenvalue weighted by Gasteiger charge is -2.25. The maximum atomic E-state index is 5.52. The van der Waals surface area contributed by atoms with Crippen LogP contribution >= 0.6 is 24.0 Å². The monoisotopic (exact) mass is 554 g/mol. The highest BCUT2D eigenvalue weighted by molar-refractivity contribution is 14.0. The van der Waals surface area contributed by atoms with E-state index >= 15 is 0 Å². The molecule has 0 saturated carbocycles. The van der Waals surface area contributed by atoms with Crippen molar-refractivity contribution in [3.8, 4) is 17.2 Å². The molecule has 176 valence electrons. The van der Waals surface area contributed by atoms with E-state index in [0.29, 0.717) is 24.1 Å². The Labute approximate surface area is 208 Å². The summed E-state index contributed by atoms with van der Waals surface area (Å²) in [7, 11) is 6.69. The van der Waals surface area contributed by atoms with Gasteiger partial charge in [0.2, 0.25) is 0 Å². The van der Waals surface area contributed by atoms with Gasteiger partial charge in [0, 0.05) is 44.4 Å². The van der Waals surface area contributed by atoms with Crippen molar-refractivity contribution in [2.45, 2.75) is 32.0 Å². The normalized spacial score (nSPS) is 16.2. The molecule has 0 bridgehead atoms. The van der Waals surface area contributed by atoms with Crippen molar-refractivity contribution in [1.82, 2.24) is 15.5 Å². The van der Waals surface area contributed by atoms with Gasteiger partial charge in [-0.25, -0.2) is 0 Å². The van der Waals surface area contributed by atoms with Gasteiger partial charge in [-0.3, -0.25) is 9.89 Å². The van der Waals surface area contributed by atoms with E-state index in [1.807, 2.05) is 12.1 Å². The Morgan fingerprint density at radius 2 is 1.69 bits per heavy atom. The van der Waals surface area contributed by atoms with E-state index in [2.05, 4.69) is 50.9 Å². The summed E-state index contributed by atoms with van der Waals surface area (Å²) in [6, 6.07) is 14.9. The molecule has 1 unspecified atom stereocenters. The van der Waals surface area contributed by atoms with Gasteiger partial charge in [0.25, 0.3) is 0 Å². The van der Waals surface area contributed by atoms with Crippen LogP contribution in [0.3, 0.4) is 0 Å². The first-order chi connectivity index (χ1) is 15.2. The van der Waals surface area contributed by atoms with Crippen LogP contribution in [-0.2, 0) is 13.1 Å². The molecule has 2 aromatic rings. The predicted molar refractivity (Wildman–Crippen MR) is 140 cm³/mol. The number of guanidine groups is 1. The van der Waals surface area contributed by atoms with E-state index in [1.54, 1.807) is 28.4 Å². The molecule has 0 amide bonds. The number of hydrogen-bond acceptors (Lipinski definition) is 5. The van der Waals surface area contributed by atoms with E-state index in [4.69, 9.17) is 14.2 Å². The largest absolute Gasteiger partial charge is 0.496 e. The van der Waals surface area contributed by atoms with Crippen LogP contribution in [0.2, 0.25) is 0 Å². The fourth-order valence-electron chi connectivity index (χ4n) is 4.00. The minimum atomic E-state index is 0. The third kappa shape index (κ3) is 6.90. The zero-order chi connectivity index (χ0) is 22.1. The van der Waals surface area contributed by atoms with Crippen LogP contribution in [0.15, 0.2) is 47.5 Å². The van der Waals surface area contributed by atoms with Crippen LogP contribution in [-0.4, -0.2) is 58.4 Å². The summed E-state index contributed by atoms with van der Waals surface area (Å²) >= 11 is 0. The first-order valence-electron chi connectivity index (χ1n) is 10.7. The maximum absolute atomic E-state index is 5.52. The van der Waals surface area contributed by atoms with Gasteiger partial charge in [-0.2, -0.15) is 0 Å². The number of aliphatic imine (C=N–C) groups is 1. The number of halogens is 1. The van der Waals surface area contributed by atoms with E-state index in [1.165, 1.54) is 18.4 Å². The van der Waals surface area contributed by atoms with Crippen molar-refractivity contribution in [2.75, 3.05) is 41.5 Å². The molecule has 0 spiro atoms. The van der Waals surface area contributed by atoms with E-state index in [-0.39, 0.29) is 24.0 Å². The minimum Gasteiger partial charge on any atom is -0.496 e. The molecule has 1 saturated heterocycles. The van der Waals surface area contributed by atoms with Crippen molar-refractivity contribution in [3.63, 3.8) is 0 Å². The summed E-state index contributed by atoms with van der Waals surface area (Å²) in [6.45, 7) is 3.54. The van der Waals surface area contributed by atoms with E-state index in [9.17, 15) is 0 Å². The lowest BCUT2D eigenvalue weighted by molar-refractivity contribution is 0.245. The molecule has 8 heteroatoms. The van der Waals surface area contributed by atoms with Crippen molar-refractivity contribution in [1.29, 1.82) is 0 Å². The summed E-state index contributed by atoms with van der Waals surface area (Å²) in [5.41, 5.74) is 2.33. The highest BCUT2D eigenvalue weighted by atomic mass is 127. The molecule has 1 aliphatic rings. The highest BCUT2D eigenvalue weighted by Crippen LogP contribution is 2.34. The Balaban J connectivity index is 0.00000363. The van der Waals surface area contributed by atoms with Crippen molar-refractivity contribution < 1.29 is 14.2 Å². The van der Waals surface area contributed by atoms with Crippen molar-refractivity contribution >= 4 is 29.9 Å². The standard InChI is InChI=1S/C24H34N4O3.HI/c1-25-24(26-15-19-13-22(30-3)23(31-4)14-21(19)29-2)27-16-20-11-8-12-28(20)17-18-9-6-5-7-10-18;/h5-7,9-10,13-14,20H,8,11-12,15-17H2,1-4H3,(H2,25,26,27);1H. The van der Waals surface area contributed by atoms with Gasteiger partial charge in [0.05, 0.1) is 21.3 Å². The molecule has 7 nitrogen and oxygen atoms in total. The van der Waals surface area contributed by atoms with Gasteiger partial charge >= 0.3 is 0 Å². The third-order valence-corrected chi connectivity index (χ3v) is 5.69. The fourth-order valence-corrected chi connectivity index (χ4v) is 4.00. The zero-order valence-electron chi connectivity index (χ0n) is 19.4. The predicted octanol–water partition coefficient (Wildman–Crippen LogP) is 3.66. The average Bonchev–Trinajstić information content (AvgIpc) is 3.26. The molecule has 2 aromatic carbocycles. The summed E-state index contributed by atoms with van der Waals surface area (Å²) < 4.78 is 16.3. The van der Waals surface area contributed by atoms with Crippen LogP contribution in [0.1, 0.15) is 24.0 Å². The molecule has 1 fully saturated rings. The van der Waals surface area contributed by atoms with Crippen molar-refractivity contribution in [2.24, 2.45) is 4.99 Å². The van der Waals surface area contributed by atoms with Gasteiger partial charge in [-0.1, -0.05) is 30.3 Å². The smallest absolute Gasteiger partial charge is 0.191 e. The third-order valence-electron chi connectivity index (χ3n) is 5.69. The average molecular weight is 554 g/mol. The Morgan fingerprint density at radius 3 is 2.34 bits per heavy atom. The fraction of sp³-hybridized carbons (Fsp3) is 0.458. The summed E-state index contributed by atoms with van der Waals surface area (Å²) in [4.78, 5) is 6.93. The number of likely N-dealkylation sites (tertiary alicyclic amines) is 1. The number of nitrogens with zero attached hydrogens (tertiary/aromatic N) is 2. The molecule has 0 aliphatic carbocycles. The summed E-state index contributed by atoms with van der Waals surface area (Å²) in [5.74, 6) is 2.82. The SMILES string of the molecule is CN=C(NCc1cc(OC)c(OC)cc1OC)NCC1CCCN1Cc1ccccc1.I. The summed E-state index contributed by atoms with van der Waals surface area (Å²) in [5, 5.41) is 6.87. The quantitative estimate of drug-likeness (QED) is 0.280. The molecule has 1 atom stereocenters. The maximum Gasteiger partial charge on any atom is 0.191 e. The number of nitrogens with one attached hydrogen (secondary N) is 2. The topological polar surface area (TPSA) is 67.4 Å². The van der Waals surface area contributed by atoms with E-state index < -0.39 is 0 Å². The Kier molecular flexibility index (Phi) is 10.9. The van der Waals surface area contributed by atoms with Gasteiger partial charge in [0.1, 0.15) is 5.75 Å². The Bertz CT molecular complexity index is 864. The molecular formula is C24H35IN4O3. The second kappa shape index (κ2) is 13.4. The number of hydrogen-bond donors (Lipinski definition) is 2. The van der Waals surface area contributed by atoms with Gasteiger partial charge in [-0.15, -0.1) is 24.0 Å². The second-order valence-corrected chi connectivity index (χ2v) is 7.58. The van der Waals surface area contributed by atoms with Crippen LogP contribution in [0.25, 0.3) is 0 Å². The van der Waals surface area contributed by atoms with Gasteiger partial charge in [-0.05, 0) is 31.0 Å². The highest BCUT2D eigenvalue weighted by Gasteiger charge is 2.24. The number of ether oxygens (including phenoxy) is 3. The van der Waals surface area contributed by atoms with Crippen LogP contribution in [0, 0.1) is 0 Å². The summed E-state index contributed by atoms with van der Waals surface area (Å²) in [6.07, 6.45) is 2.42. The molecule has 1 heterocycles. The van der Waals surface area contributed by atoms with Gasteiger partial charge in [0.15, 0.2) is 17.5 Å². The molecule has 2 N–H and O–H groups in total. The first kappa shape index (κ1) is 26.1. The number of rotatable bonds is 9. The van der Waals surface area contributed by atoms with Crippen molar-refractivity contribution in [3.05, 3.63) is 53.6 Å². The number of methoxy groups -OCH3 is 3.